The zero-order chi connectivity index (χ0) is 15.9. The highest BCUT2D eigenvalue weighted by Crippen LogP contribution is 2.19. The van der Waals surface area contributed by atoms with Crippen molar-refractivity contribution >= 4 is 18.4 Å². The maximum Gasteiger partial charge on any atom is 0.315 e. The Labute approximate surface area is 153 Å². The molecule has 2 saturated heterocycles. The molecular weight excluding hydrogens is 324 g/mol. The van der Waals surface area contributed by atoms with Crippen LogP contribution in [0.3, 0.4) is 0 Å². The van der Waals surface area contributed by atoms with Gasteiger partial charge in [0.2, 0.25) is 0 Å². The quantitative estimate of drug-likeness (QED) is 0.723. The van der Waals surface area contributed by atoms with Gasteiger partial charge in [0, 0.05) is 31.7 Å². The number of nitrogens with zero attached hydrogens (tertiary/aromatic N) is 1. The Morgan fingerprint density at radius 1 is 0.875 bits per heavy atom. The predicted molar refractivity (Wildman–Crippen MR) is 101 cm³/mol. The van der Waals surface area contributed by atoms with E-state index in [1.54, 1.807) is 0 Å². The first-order valence-corrected chi connectivity index (χ1v) is 9.80. The summed E-state index contributed by atoms with van der Waals surface area (Å²) in [4.78, 5) is 14.7. The molecule has 2 heterocycles. The number of amides is 2. The molecular formula is C18H35ClN4O. The summed E-state index contributed by atoms with van der Waals surface area (Å²) in [6.45, 7) is 5.90. The van der Waals surface area contributed by atoms with E-state index >= 15 is 0 Å². The Morgan fingerprint density at radius 3 is 2.08 bits per heavy atom. The van der Waals surface area contributed by atoms with Gasteiger partial charge in [-0.1, -0.05) is 19.3 Å². The lowest BCUT2D eigenvalue weighted by atomic mass is 9.95. The third kappa shape index (κ3) is 6.41. The lowest BCUT2D eigenvalue weighted by Crippen LogP contribution is -2.51. The Morgan fingerprint density at radius 2 is 1.46 bits per heavy atom. The number of carbonyl (C=O) groups is 1. The Bertz CT molecular complexity index is 362. The standard InChI is InChI=1S/C18H34N4O.ClH/c23-18(20-16-4-2-1-3-5-16)21-17-8-12-22(13-9-17)14-15-6-10-19-11-7-15;/h15-17,19H,1-14H2,(H2,20,21,23);1H. The van der Waals surface area contributed by atoms with Crippen LogP contribution >= 0.6 is 12.4 Å². The van der Waals surface area contributed by atoms with Crippen LogP contribution in [0, 0.1) is 5.92 Å². The van der Waals surface area contributed by atoms with Crippen molar-refractivity contribution < 1.29 is 4.79 Å². The van der Waals surface area contributed by atoms with Crippen molar-refractivity contribution in [3.8, 4) is 0 Å². The molecule has 1 saturated carbocycles. The Hall–Kier alpha value is -0.520. The maximum atomic E-state index is 12.1. The predicted octanol–water partition coefficient (Wildman–Crippen LogP) is 2.50. The number of piperidine rings is 2. The van der Waals surface area contributed by atoms with Gasteiger partial charge in [0.15, 0.2) is 0 Å². The van der Waals surface area contributed by atoms with Crippen LogP contribution in [0.4, 0.5) is 4.79 Å². The van der Waals surface area contributed by atoms with Crippen LogP contribution in [0.5, 0.6) is 0 Å². The average molecular weight is 359 g/mol. The number of carbonyl (C=O) groups excluding carboxylic acids is 1. The van der Waals surface area contributed by atoms with E-state index in [9.17, 15) is 4.79 Å². The normalized spacial score (nSPS) is 25.0. The molecule has 24 heavy (non-hydrogen) atoms. The van der Waals surface area contributed by atoms with Gasteiger partial charge in [0.05, 0.1) is 0 Å². The van der Waals surface area contributed by atoms with Crippen molar-refractivity contribution in [2.45, 2.75) is 69.9 Å². The van der Waals surface area contributed by atoms with Gasteiger partial charge >= 0.3 is 6.03 Å². The van der Waals surface area contributed by atoms with E-state index < -0.39 is 0 Å². The topological polar surface area (TPSA) is 56.4 Å². The lowest BCUT2D eigenvalue weighted by Gasteiger charge is -2.36. The minimum absolute atomic E-state index is 0. The summed E-state index contributed by atoms with van der Waals surface area (Å²) in [7, 11) is 0. The molecule has 1 aliphatic carbocycles. The van der Waals surface area contributed by atoms with Crippen molar-refractivity contribution in [2.24, 2.45) is 5.92 Å². The van der Waals surface area contributed by atoms with Gasteiger partial charge in [0.25, 0.3) is 0 Å². The number of likely N-dealkylation sites (tertiary alicyclic amines) is 1. The summed E-state index contributed by atoms with van der Waals surface area (Å²) in [5, 5.41) is 9.82. The number of hydrogen-bond donors (Lipinski definition) is 3. The molecule has 0 spiro atoms. The fourth-order valence-corrected chi connectivity index (χ4v) is 4.35. The first-order chi connectivity index (χ1) is 11.3. The third-order valence-corrected chi connectivity index (χ3v) is 5.84. The van der Waals surface area contributed by atoms with Crippen LogP contribution in [0.25, 0.3) is 0 Å². The molecule has 2 aliphatic heterocycles. The summed E-state index contributed by atoms with van der Waals surface area (Å²) in [5.41, 5.74) is 0. The van der Waals surface area contributed by atoms with E-state index in [1.165, 1.54) is 51.7 Å². The third-order valence-electron chi connectivity index (χ3n) is 5.84. The van der Waals surface area contributed by atoms with Gasteiger partial charge in [-0.25, -0.2) is 4.79 Å². The minimum Gasteiger partial charge on any atom is -0.335 e. The van der Waals surface area contributed by atoms with Crippen molar-refractivity contribution in [3.63, 3.8) is 0 Å². The van der Waals surface area contributed by atoms with Crippen molar-refractivity contribution in [3.05, 3.63) is 0 Å². The fraction of sp³-hybridized carbons (Fsp3) is 0.944. The number of halogens is 1. The maximum absolute atomic E-state index is 12.1. The highest BCUT2D eigenvalue weighted by molar-refractivity contribution is 5.85. The van der Waals surface area contributed by atoms with Crippen molar-refractivity contribution in [1.82, 2.24) is 20.9 Å². The van der Waals surface area contributed by atoms with E-state index in [2.05, 4.69) is 20.9 Å². The molecule has 0 aromatic heterocycles. The molecule has 6 heteroatoms. The van der Waals surface area contributed by atoms with Gasteiger partial charge < -0.3 is 20.9 Å². The molecule has 0 bridgehead atoms. The zero-order valence-corrected chi connectivity index (χ0v) is 15.7. The summed E-state index contributed by atoms with van der Waals surface area (Å²) in [6.07, 6.45) is 11.0. The van der Waals surface area contributed by atoms with Gasteiger partial charge in [-0.05, 0) is 57.5 Å². The van der Waals surface area contributed by atoms with Crippen LogP contribution in [0.1, 0.15) is 57.8 Å². The number of rotatable bonds is 4. The minimum atomic E-state index is 0. The van der Waals surface area contributed by atoms with Crippen LogP contribution < -0.4 is 16.0 Å². The van der Waals surface area contributed by atoms with Gasteiger partial charge in [0.1, 0.15) is 0 Å². The molecule has 0 atom stereocenters. The first-order valence-electron chi connectivity index (χ1n) is 9.80. The van der Waals surface area contributed by atoms with Gasteiger partial charge in [-0.3, -0.25) is 0 Å². The molecule has 0 aromatic carbocycles. The molecule has 3 rings (SSSR count). The van der Waals surface area contributed by atoms with Crippen LogP contribution in [-0.4, -0.2) is 55.7 Å². The molecule has 0 aromatic rings. The SMILES string of the molecule is Cl.O=C(NC1CCCCC1)NC1CCN(CC2CCNCC2)CC1. The molecule has 0 unspecified atom stereocenters. The largest absolute Gasteiger partial charge is 0.335 e. The molecule has 3 fully saturated rings. The van der Waals surface area contributed by atoms with E-state index in [-0.39, 0.29) is 18.4 Å². The highest BCUT2D eigenvalue weighted by Gasteiger charge is 2.24. The second-order valence-corrected chi connectivity index (χ2v) is 7.72. The summed E-state index contributed by atoms with van der Waals surface area (Å²) < 4.78 is 0. The number of urea groups is 1. The first kappa shape index (κ1) is 19.8. The second-order valence-electron chi connectivity index (χ2n) is 7.72. The number of nitrogens with one attached hydrogen (secondary N) is 3. The van der Waals surface area contributed by atoms with E-state index in [0.29, 0.717) is 12.1 Å². The van der Waals surface area contributed by atoms with Crippen molar-refractivity contribution in [1.29, 1.82) is 0 Å². The molecule has 3 aliphatic rings. The van der Waals surface area contributed by atoms with E-state index in [4.69, 9.17) is 0 Å². The number of hydrogen-bond acceptors (Lipinski definition) is 3. The molecule has 140 valence electrons. The van der Waals surface area contributed by atoms with Crippen LogP contribution in [0.2, 0.25) is 0 Å². The smallest absolute Gasteiger partial charge is 0.315 e. The summed E-state index contributed by atoms with van der Waals surface area (Å²) in [5.74, 6) is 0.871. The monoisotopic (exact) mass is 358 g/mol. The van der Waals surface area contributed by atoms with Crippen molar-refractivity contribution in [2.75, 3.05) is 32.7 Å². The Kier molecular flexibility index (Phi) is 8.63. The summed E-state index contributed by atoms with van der Waals surface area (Å²) >= 11 is 0. The van der Waals surface area contributed by atoms with Crippen LogP contribution in [-0.2, 0) is 0 Å². The summed E-state index contributed by atoms with van der Waals surface area (Å²) in [6, 6.07) is 0.834. The fourth-order valence-electron chi connectivity index (χ4n) is 4.35. The molecule has 5 nitrogen and oxygen atoms in total. The van der Waals surface area contributed by atoms with Gasteiger partial charge in [-0.15, -0.1) is 12.4 Å². The van der Waals surface area contributed by atoms with E-state index in [0.717, 1.165) is 44.7 Å². The van der Waals surface area contributed by atoms with Crippen LogP contribution in [0.15, 0.2) is 0 Å². The second kappa shape index (κ2) is 10.5. The highest BCUT2D eigenvalue weighted by atomic mass is 35.5. The average Bonchev–Trinajstić information content (AvgIpc) is 2.58. The lowest BCUT2D eigenvalue weighted by molar-refractivity contribution is 0.157. The van der Waals surface area contributed by atoms with Gasteiger partial charge in [-0.2, -0.15) is 0 Å². The molecule has 3 N–H and O–H groups in total. The zero-order valence-electron chi connectivity index (χ0n) is 14.9. The molecule has 0 radical (unpaired) electrons. The van der Waals surface area contributed by atoms with E-state index in [1.807, 2.05) is 0 Å². The molecule has 2 amide bonds. The Balaban J connectivity index is 0.00000208.